The number of carbonyl (C=O) groups is 1. The molecule has 2 aromatic rings. The third kappa shape index (κ3) is 5.60. The van der Waals surface area contributed by atoms with Crippen LogP contribution in [0.2, 0.25) is 0 Å². The molecule has 1 aromatic carbocycles. The van der Waals surface area contributed by atoms with E-state index >= 15 is 0 Å². The number of hydrogen-bond acceptors (Lipinski definition) is 5. The minimum absolute atomic E-state index is 0.0738. The highest BCUT2D eigenvalue weighted by Gasteiger charge is 2.17. The molecule has 0 aliphatic carbocycles. The van der Waals surface area contributed by atoms with Crippen LogP contribution in [0.25, 0.3) is 0 Å². The number of benzene rings is 1. The quantitative estimate of drug-likeness (QED) is 0.797. The van der Waals surface area contributed by atoms with Crippen LogP contribution in [-0.4, -0.2) is 33.9 Å². The van der Waals surface area contributed by atoms with E-state index in [1.807, 2.05) is 32.0 Å². The van der Waals surface area contributed by atoms with Crippen molar-refractivity contribution in [3.8, 4) is 0 Å². The predicted octanol–water partition coefficient (Wildman–Crippen LogP) is 3.26. The Balaban J connectivity index is 1.99. The molecule has 0 fully saturated rings. The molecule has 0 radical (unpaired) electrons. The van der Waals surface area contributed by atoms with Gasteiger partial charge in [-0.1, -0.05) is 30.3 Å². The van der Waals surface area contributed by atoms with Gasteiger partial charge >= 0.3 is 0 Å². The van der Waals surface area contributed by atoms with Gasteiger partial charge in [0, 0.05) is 43.0 Å². The molecule has 5 nitrogen and oxygen atoms in total. The first-order valence-corrected chi connectivity index (χ1v) is 9.15. The molecular weight excluding hydrogens is 320 g/mol. The van der Waals surface area contributed by atoms with Gasteiger partial charge in [-0.25, -0.2) is 4.98 Å². The van der Waals surface area contributed by atoms with Crippen LogP contribution in [-0.2, 0) is 11.2 Å². The summed E-state index contributed by atoms with van der Waals surface area (Å²) in [5, 5.41) is 3.81. The Morgan fingerprint density at radius 1 is 1.21 bits per heavy atom. The first-order chi connectivity index (χ1) is 11.5. The highest BCUT2D eigenvalue weighted by Crippen LogP contribution is 2.21. The van der Waals surface area contributed by atoms with Gasteiger partial charge in [-0.2, -0.15) is 4.37 Å². The van der Waals surface area contributed by atoms with Crippen molar-refractivity contribution in [3.05, 3.63) is 41.7 Å². The smallest absolute Gasteiger partial charge is 0.221 e. The van der Waals surface area contributed by atoms with Crippen LogP contribution in [0.1, 0.15) is 45.5 Å². The fourth-order valence-electron chi connectivity index (χ4n) is 2.40. The molecule has 24 heavy (non-hydrogen) atoms. The Bertz CT molecular complexity index is 639. The lowest BCUT2D eigenvalue weighted by molar-refractivity contribution is -0.121. The molecule has 0 unspecified atom stereocenters. The van der Waals surface area contributed by atoms with E-state index in [9.17, 15) is 4.79 Å². The Labute approximate surface area is 148 Å². The van der Waals surface area contributed by atoms with Gasteiger partial charge in [-0.05, 0) is 33.3 Å². The number of amides is 1. The molecule has 0 bridgehead atoms. The van der Waals surface area contributed by atoms with E-state index in [0.29, 0.717) is 13.0 Å². The second-order valence-corrected chi connectivity index (χ2v) is 7.15. The van der Waals surface area contributed by atoms with E-state index in [-0.39, 0.29) is 18.0 Å². The van der Waals surface area contributed by atoms with Crippen molar-refractivity contribution in [3.63, 3.8) is 0 Å². The SMILES string of the molecule is CC(C)NC(=O)CCN(c1nc(Cc2ccccc2)ns1)C(C)C. The average Bonchev–Trinajstić information content (AvgIpc) is 2.95. The number of nitrogens with zero attached hydrogens (tertiary/aromatic N) is 3. The third-order valence-electron chi connectivity index (χ3n) is 3.56. The van der Waals surface area contributed by atoms with Crippen molar-refractivity contribution in [1.82, 2.24) is 14.7 Å². The maximum Gasteiger partial charge on any atom is 0.221 e. The topological polar surface area (TPSA) is 58.1 Å². The molecule has 1 amide bonds. The summed E-state index contributed by atoms with van der Waals surface area (Å²) in [6, 6.07) is 10.7. The lowest BCUT2D eigenvalue weighted by Gasteiger charge is -2.25. The zero-order chi connectivity index (χ0) is 17.5. The molecule has 0 aliphatic heterocycles. The normalized spacial score (nSPS) is 11.1. The van der Waals surface area contributed by atoms with Crippen molar-refractivity contribution in [1.29, 1.82) is 0 Å². The monoisotopic (exact) mass is 346 g/mol. The van der Waals surface area contributed by atoms with Gasteiger partial charge in [-0.15, -0.1) is 0 Å². The molecule has 6 heteroatoms. The summed E-state index contributed by atoms with van der Waals surface area (Å²) in [6.45, 7) is 8.81. The highest BCUT2D eigenvalue weighted by atomic mass is 32.1. The third-order valence-corrected chi connectivity index (χ3v) is 4.35. The summed E-state index contributed by atoms with van der Waals surface area (Å²) in [7, 11) is 0. The van der Waals surface area contributed by atoms with Crippen molar-refractivity contribution in [2.45, 2.75) is 52.6 Å². The molecule has 0 atom stereocenters. The predicted molar refractivity (Wildman–Crippen MR) is 99.5 cm³/mol. The van der Waals surface area contributed by atoms with E-state index in [0.717, 1.165) is 17.4 Å². The first-order valence-electron chi connectivity index (χ1n) is 8.38. The molecule has 0 saturated heterocycles. The van der Waals surface area contributed by atoms with Crippen LogP contribution >= 0.6 is 11.5 Å². The summed E-state index contributed by atoms with van der Waals surface area (Å²) in [5.41, 5.74) is 1.20. The number of carbonyl (C=O) groups excluding carboxylic acids is 1. The number of aromatic nitrogens is 2. The summed E-state index contributed by atoms with van der Waals surface area (Å²) >= 11 is 1.40. The van der Waals surface area contributed by atoms with Crippen LogP contribution in [0.5, 0.6) is 0 Å². The van der Waals surface area contributed by atoms with E-state index in [4.69, 9.17) is 0 Å². The Morgan fingerprint density at radius 2 is 1.92 bits per heavy atom. The standard InChI is InChI=1S/C18H26N4OS/c1-13(2)19-17(23)10-11-22(14(3)4)18-20-16(21-24-18)12-15-8-6-5-7-9-15/h5-9,13-14H,10-12H2,1-4H3,(H,19,23). The van der Waals surface area contributed by atoms with Crippen LogP contribution in [0.4, 0.5) is 5.13 Å². The van der Waals surface area contributed by atoms with Crippen LogP contribution in [0.3, 0.4) is 0 Å². The Hall–Kier alpha value is -1.95. The van der Waals surface area contributed by atoms with Crippen molar-refractivity contribution in [2.75, 3.05) is 11.4 Å². The van der Waals surface area contributed by atoms with E-state index < -0.39 is 0 Å². The minimum Gasteiger partial charge on any atom is -0.354 e. The number of anilines is 1. The second kappa shape index (κ2) is 8.78. The van der Waals surface area contributed by atoms with Crippen LogP contribution in [0, 0.1) is 0 Å². The number of rotatable bonds is 8. The molecule has 1 heterocycles. The minimum atomic E-state index is 0.0738. The van der Waals surface area contributed by atoms with E-state index in [2.05, 4.69) is 45.6 Å². The van der Waals surface area contributed by atoms with Gasteiger partial charge in [0.1, 0.15) is 5.82 Å². The zero-order valence-electron chi connectivity index (χ0n) is 14.8. The summed E-state index contributed by atoms with van der Waals surface area (Å²) in [6.07, 6.45) is 1.20. The maximum absolute atomic E-state index is 11.9. The first kappa shape index (κ1) is 18.4. The zero-order valence-corrected chi connectivity index (χ0v) is 15.6. The maximum atomic E-state index is 11.9. The number of nitrogens with one attached hydrogen (secondary N) is 1. The second-order valence-electron chi connectivity index (χ2n) is 6.41. The van der Waals surface area contributed by atoms with Crippen molar-refractivity contribution >= 4 is 22.6 Å². The molecular formula is C18H26N4OS. The fraction of sp³-hybridized carbons (Fsp3) is 0.500. The molecule has 0 aliphatic rings. The van der Waals surface area contributed by atoms with Gasteiger partial charge in [0.25, 0.3) is 0 Å². The summed E-state index contributed by atoms with van der Waals surface area (Å²) in [5.74, 6) is 0.906. The molecule has 2 rings (SSSR count). The summed E-state index contributed by atoms with van der Waals surface area (Å²) in [4.78, 5) is 18.7. The van der Waals surface area contributed by atoms with Crippen LogP contribution in [0.15, 0.2) is 30.3 Å². The largest absolute Gasteiger partial charge is 0.354 e. The Morgan fingerprint density at radius 3 is 2.54 bits per heavy atom. The lowest BCUT2D eigenvalue weighted by Crippen LogP contribution is -2.37. The molecule has 0 spiro atoms. The molecule has 1 N–H and O–H groups in total. The van der Waals surface area contributed by atoms with Crippen LogP contribution < -0.4 is 10.2 Å². The van der Waals surface area contributed by atoms with Crippen molar-refractivity contribution < 1.29 is 4.79 Å². The lowest BCUT2D eigenvalue weighted by atomic mass is 10.1. The van der Waals surface area contributed by atoms with Gasteiger partial charge in [-0.3, -0.25) is 4.79 Å². The summed E-state index contributed by atoms with van der Waals surface area (Å²) < 4.78 is 4.48. The van der Waals surface area contributed by atoms with Crippen molar-refractivity contribution in [2.24, 2.45) is 0 Å². The Kier molecular flexibility index (Phi) is 6.73. The van der Waals surface area contributed by atoms with Gasteiger partial charge in [0.05, 0.1) is 0 Å². The number of hydrogen-bond donors (Lipinski definition) is 1. The van der Waals surface area contributed by atoms with Gasteiger partial charge in [0.2, 0.25) is 11.0 Å². The van der Waals surface area contributed by atoms with E-state index in [1.165, 1.54) is 17.1 Å². The highest BCUT2D eigenvalue weighted by molar-refractivity contribution is 7.09. The van der Waals surface area contributed by atoms with Gasteiger partial charge in [0.15, 0.2) is 0 Å². The molecule has 1 aromatic heterocycles. The average molecular weight is 347 g/mol. The van der Waals surface area contributed by atoms with E-state index in [1.54, 1.807) is 0 Å². The van der Waals surface area contributed by atoms with Gasteiger partial charge < -0.3 is 10.2 Å². The molecule has 130 valence electrons. The molecule has 0 saturated carbocycles. The fourth-order valence-corrected chi connectivity index (χ4v) is 3.25.